The van der Waals surface area contributed by atoms with Gasteiger partial charge in [0, 0.05) is 13.6 Å². The Labute approximate surface area is 138 Å². The van der Waals surface area contributed by atoms with E-state index in [9.17, 15) is 0 Å². The molecule has 0 atom stereocenters. The molecule has 22 heavy (non-hydrogen) atoms. The number of anilines is 1. The lowest BCUT2D eigenvalue weighted by Gasteiger charge is -2.57. The molecule has 2 N–H and O–H groups in total. The minimum Gasteiger partial charge on any atom is -0.407 e. The van der Waals surface area contributed by atoms with Gasteiger partial charge in [0.05, 0.1) is 6.54 Å². The minimum absolute atomic E-state index is 0. The van der Waals surface area contributed by atoms with Crippen molar-refractivity contribution in [2.24, 2.45) is 28.9 Å². The molecule has 6 heteroatoms. The summed E-state index contributed by atoms with van der Waals surface area (Å²) in [6.45, 7) is 1.33. The molecule has 0 spiro atoms. The molecule has 1 aromatic rings. The normalized spacial score (nSPS) is 35.5. The Morgan fingerprint density at radius 2 is 1.73 bits per heavy atom. The zero-order chi connectivity index (χ0) is 14.4. The van der Waals surface area contributed by atoms with E-state index < -0.39 is 0 Å². The van der Waals surface area contributed by atoms with Crippen LogP contribution in [0.25, 0.3) is 0 Å². The van der Waals surface area contributed by atoms with Gasteiger partial charge in [-0.3, -0.25) is 0 Å². The maximum Gasteiger partial charge on any atom is 0.317 e. The summed E-state index contributed by atoms with van der Waals surface area (Å²) in [5, 5.41) is 8.03. The van der Waals surface area contributed by atoms with E-state index in [0.29, 0.717) is 23.9 Å². The van der Waals surface area contributed by atoms with Crippen molar-refractivity contribution in [3.05, 3.63) is 5.89 Å². The third-order valence-corrected chi connectivity index (χ3v) is 6.10. The average molecular weight is 327 g/mol. The molecule has 4 fully saturated rings. The van der Waals surface area contributed by atoms with Gasteiger partial charge in [0.15, 0.2) is 0 Å². The van der Waals surface area contributed by atoms with Crippen LogP contribution in [0.2, 0.25) is 0 Å². The fraction of sp³-hybridized carbons (Fsp3) is 0.875. The van der Waals surface area contributed by atoms with Gasteiger partial charge in [-0.05, 0) is 68.1 Å². The number of hydrogen-bond acceptors (Lipinski definition) is 5. The Hall–Kier alpha value is -0.810. The van der Waals surface area contributed by atoms with Crippen LogP contribution in [0.4, 0.5) is 6.01 Å². The molecular formula is C16H27ClN4O. The number of halogens is 1. The van der Waals surface area contributed by atoms with Crippen LogP contribution in [0.3, 0.4) is 0 Å². The van der Waals surface area contributed by atoms with Gasteiger partial charge in [-0.2, -0.15) is 0 Å². The Morgan fingerprint density at radius 1 is 1.14 bits per heavy atom. The summed E-state index contributed by atoms with van der Waals surface area (Å²) in [6, 6.07) is 0.611. The molecule has 0 unspecified atom stereocenters. The van der Waals surface area contributed by atoms with Gasteiger partial charge in [-0.1, -0.05) is 5.10 Å². The van der Waals surface area contributed by atoms with E-state index in [2.05, 4.69) is 15.1 Å². The van der Waals surface area contributed by atoms with Gasteiger partial charge in [0.1, 0.15) is 0 Å². The van der Waals surface area contributed by atoms with Crippen molar-refractivity contribution in [1.82, 2.24) is 10.2 Å². The third-order valence-electron chi connectivity index (χ3n) is 6.10. The van der Waals surface area contributed by atoms with Crippen LogP contribution >= 0.6 is 12.4 Å². The summed E-state index contributed by atoms with van der Waals surface area (Å²) < 4.78 is 5.54. The van der Waals surface area contributed by atoms with Crippen molar-refractivity contribution in [3.63, 3.8) is 0 Å². The standard InChI is InChI=1S/C16H26N4O.ClH/c1-20(15-19-18-14(10-17)21-15)3-2-16-7-11-4-12(8-16)6-13(5-11)9-16;/h11-13H,2-10,17H2,1H3;1H. The molecule has 4 aliphatic carbocycles. The molecule has 0 aromatic carbocycles. The van der Waals surface area contributed by atoms with Crippen LogP contribution in [0.15, 0.2) is 4.42 Å². The number of aromatic nitrogens is 2. The maximum absolute atomic E-state index is 5.54. The van der Waals surface area contributed by atoms with E-state index in [1.807, 2.05) is 7.05 Å². The molecule has 4 saturated carbocycles. The largest absolute Gasteiger partial charge is 0.407 e. The van der Waals surface area contributed by atoms with Crippen molar-refractivity contribution < 1.29 is 4.42 Å². The van der Waals surface area contributed by atoms with E-state index in [1.165, 1.54) is 44.9 Å². The van der Waals surface area contributed by atoms with E-state index in [0.717, 1.165) is 24.3 Å². The SMILES string of the molecule is CN(CCC12CC3CC(CC(C3)C1)C2)c1nnc(CN)o1.Cl. The maximum atomic E-state index is 5.54. The van der Waals surface area contributed by atoms with Crippen LogP contribution in [0, 0.1) is 23.2 Å². The minimum atomic E-state index is 0. The fourth-order valence-electron chi connectivity index (χ4n) is 5.58. The Morgan fingerprint density at radius 3 is 2.23 bits per heavy atom. The summed E-state index contributed by atoms with van der Waals surface area (Å²) >= 11 is 0. The highest BCUT2D eigenvalue weighted by molar-refractivity contribution is 5.85. The molecular weight excluding hydrogens is 300 g/mol. The smallest absolute Gasteiger partial charge is 0.317 e. The second kappa shape index (κ2) is 6.00. The van der Waals surface area contributed by atoms with Gasteiger partial charge in [0.2, 0.25) is 5.89 Å². The van der Waals surface area contributed by atoms with E-state index in [1.54, 1.807) is 0 Å². The van der Waals surface area contributed by atoms with Crippen molar-refractivity contribution in [3.8, 4) is 0 Å². The monoisotopic (exact) mass is 326 g/mol. The number of hydrogen-bond donors (Lipinski definition) is 1. The van der Waals surface area contributed by atoms with Crippen LogP contribution in [0.1, 0.15) is 50.8 Å². The molecule has 0 saturated heterocycles. The molecule has 5 rings (SSSR count). The van der Waals surface area contributed by atoms with E-state index >= 15 is 0 Å². The number of nitrogens with zero attached hydrogens (tertiary/aromatic N) is 3. The zero-order valence-electron chi connectivity index (χ0n) is 13.3. The first-order valence-corrected chi connectivity index (χ1v) is 8.39. The molecule has 1 aromatic heterocycles. The molecule has 1 heterocycles. The first-order valence-electron chi connectivity index (χ1n) is 8.39. The van der Waals surface area contributed by atoms with Crippen molar-refractivity contribution >= 4 is 18.4 Å². The second-order valence-electron chi connectivity index (χ2n) is 7.77. The van der Waals surface area contributed by atoms with Gasteiger partial charge < -0.3 is 15.1 Å². The van der Waals surface area contributed by atoms with Crippen molar-refractivity contribution in [2.45, 2.75) is 51.5 Å². The van der Waals surface area contributed by atoms with Crippen LogP contribution in [-0.2, 0) is 6.54 Å². The van der Waals surface area contributed by atoms with Crippen molar-refractivity contribution in [1.29, 1.82) is 0 Å². The Bertz CT molecular complexity index is 483. The van der Waals surface area contributed by atoms with Gasteiger partial charge >= 0.3 is 6.01 Å². The molecule has 4 bridgehead atoms. The highest BCUT2D eigenvalue weighted by Crippen LogP contribution is 2.61. The first kappa shape index (κ1) is 16.1. The lowest BCUT2D eigenvalue weighted by molar-refractivity contribution is -0.0559. The first-order chi connectivity index (χ1) is 10.2. The quantitative estimate of drug-likeness (QED) is 0.900. The van der Waals surface area contributed by atoms with Gasteiger partial charge in [-0.15, -0.1) is 17.5 Å². The topological polar surface area (TPSA) is 68.2 Å². The predicted molar refractivity (Wildman–Crippen MR) is 87.9 cm³/mol. The fourth-order valence-corrected chi connectivity index (χ4v) is 5.58. The molecule has 0 radical (unpaired) electrons. The summed E-state index contributed by atoms with van der Waals surface area (Å²) in [5.74, 6) is 3.59. The van der Waals surface area contributed by atoms with Gasteiger partial charge in [-0.25, -0.2) is 0 Å². The molecule has 124 valence electrons. The Balaban J connectivity index is 0.00000144. The molecule has 0 aliphatic heterocycles. The number of nitrogens with two attached hydrogens (primary N) is 1. The van der Waals surface area contributed by atoms with Crippen LogP contribution < -0.4 is 10.6 Å². The third kappa shape index (κ3) is 2.85. The highest BCUT2D eigenvalue weighted by Gasteiger charge is 2.50. The second-order valence-corrected chi connectivity index (χ2v) is 7.77. The van der Waals surface area contributed by atoms with Crippen molar-refractivity contribution in [2.75, 3.05) is 18.5 Å². The summed E-state index contributed by atoms with van der Waals surface area (Å²) in [5.41, 5.74) is 6.14. The average Bonchev–Trinajstić information content (AvgIpc) is 2.92. The van der Waals surface area contributed by atoms with Crippen LogP contribution in [0.5, 0.6) is 0 Å². The summed E-state index contributed by atoms with van der Waals surface area (Å²) in [7, 11) is 2.05. The summed E-state index contributed by atoms with van der Waals surface area (Å²) in [6.07, 6.45) is 10.2. The Kier molecular flexibility index (Phi) is 4.38. The summed E-state index contributed by atoms with van der Waals surface area (Å²) in [4.78, 5) is 2.10. The van der Waals surface area contributed by atoms with E-state index in [4.69, 9.17) is 10.2 Å². The molecule has 4 aliphatic rings. The van der Waals surface area contributed by atoms with E-state index in [-0.39, 0.29) is 12.4 Å². The van der Waals surface area contributed by atoms with Gasteiger partial charge in [0.25, 0.3) is 0 Å². The van der Waals surface area contributed by atoms with Crippen LogP contribution in [-0.4, -0.2) is 23.8 Å². The molecule has 0 amide bonds. The highest BCUT2D eigenvalue weighted by atomic mass is 35.5. The number of rotatable bonds is 5. The lowest BCUT2D eigenvalue weighted by Crippen LogP contribution is -2.47. The predicted octanol–water partition coefficient (Wildman–Crippen LogP) is 2.99. The zero-order valence-corrected chi connectivity index (χ0v) is 14.1. The molecule has 5 nitrogen and oxygen atoms in total. The lowest BCUT2D eigenvalue weighted by atomic mass is 9.49.